The lowest BCUT2D eigenvalue weighted by Gasteiger charge is -2.18. The summed E-state index contributed by atoms with van der Waals surface area (Å²) in [5.41, 5.74) is 0.769. The van der Waals surface area contributed by atoms with Crippen LogP contribution in [0.4, 0.5) is 4.39 Å². The molecule has 0 radical (unpaired) electrons. The highest BCUT2D eigenvalue weighted by molar-refractivity contribution is 5.70. The van der Waals surface area contributed by atoms with Crippen molar-refractivity contribution in [2.24, 2.45) is 5.92 Å². The van der Waals surface area contributed by atoms with Crippen LogP contribution in [0.25, 0.3) is 0 Å². The maximum atomic E-state index is 13.4. The summed E-state index contributed by atoms with van der Waals surface area (Å²) in [5, 5.41) is 0. The van der Waals surface area contributed by atoms with Crippen LogP contribution in [0.5, 0.6) is 5.75 Å². The molecule has 18 heavy (non-hydrogen) atoms. The van der Waals surface area contributed by atoms with Gasteiger partial charge in [-0.1, -0.05) is 0 Å². The van der Waals surface area contributed by atoms with Crippen molar-refractivity contribution in [1.82, 2.24) is 0 Å². The van der Waals surface area contributed by atoms with Gasteiger partial charge in [0, 0.05) is 11.5 Å². The standard InChI is InChI=1S/C14H17FO3/c1-17-13-6-5-10(15)7-12(13)11(9-3-4-9)8-14(16)18-2/h5-7,9,11H,3-4,8H2,1-2H3. The molecule has 0 aliphatic heterocycles. The van der Waals surface area contributed by atoms with E-state index in [9.17, 15) is 9.18 Å². The summed E-state index contributed by atoms with van der Waals surface area (Å²) in [6.07, 6.45) is 2.42. The number of benzene rings is 1. The molecule has 1 unspecified atom stereocenters. The third kappa shape index (κ3) is 2.81. The predicted molar refractivity (Wildman–Crippen MR) is 65.1 cm³/mol. The Kier molecular flexibility index (Phi) is 3.84. The van der Waals surface area contributed by atoms with Gasteiger partial charge in [-0.25, -0.2) is 4.39 Å². The average molecular weight is 252 g/mol. The summed E-state index contributed by atoms with van der Waals surface area (Å²) in [5.74, 6) is 0.486. The van der Waals surface area contributed by atoms with Crippen LogP contribution in [0.1, 0.15) is 30.7 Å². The van der Waals surface area contributed by atoms with Crippen LogP contribution in [-0.4, -0.2) is 20.2 Å². The number of methoxy groups -OCH3 is 2. The lowest BCUT2D eigenvalue weighted by Crippen LogP contribution is -2.11. The zero-order valence-electron chi connectivity index (χ0n) is 10.6. The summed E-state index contributed by atoms with van der Waals surface area (Å²) in [6, 6.07) is 4.44. The number of hydrogen-bond donors (Lipinski definition) is 0. The van der Waals surface area contributed by atoms with Crippen molar-refractivity contribution in [1.29, 1.82) is 0 Å². The molecule has 0 aromatic heterocycles. The molecule has 0 saturated heterocycles. The first kappa shape index (κ1) is 12.9. The minimum Gasteiger partial charge on any atom is -0.496 e. The van der Waals surface area contributed by atoms with Gasteiger partial charge in [-0.05, 0) is 37.0 Å². The van der Waals surface area contributed by atoms with Crippen molar-refractivity contribution in [2.45, 2.75) is 25.2 Å². The smallest absolute Gasteiger partial charge is 0.306 e. The first-order valence-electron chi connectivity index (χ1n) is 6.06. The highest BCUT2D eigenvalue weighted by Crippen LogP contribution is 2.47. The minimum atomic E-state index is -0.304. The van der Waals surface area contributed by atoms with Gasteiger partial charge in [0.25, 0.3) is 0 Å². The summed E-state index contributed by atoms with van der Waals surface area (Å²) >= 11 is 0. The number of hydrogen-bond acceptors (Lipinski definition) is 3. The number of carbonyl (C=O) groups excluding carboxylic acids is 1. The first-order chi connectivity index (χ1) is 8.65. The summed E-state index contributed by atoms with van der Waals surface area (Å²) in [6.45, 7) is 0. The van der Waals surface area contributed by atoms with E-state index in [1.807, 2.05) is 0 Å². The molecule has 1 aromatic carbocycles. The SMILES string of the molecule is COC(=O)CC(c1cc(F)ccc1OC)C1CC1. The van der Waals surface area contributed by atoms with Crippen molar-refractivity contribution in [3.8, 4) is 5.75 Å². The second-order valence-electron chi connectivity index (χ2n) is 4.61. The third-order valence-electron chi connectivity index (χ3n) is 3.40. The van der Waals surface area contributed by atoms with Gasteiger partial charge in [0.05, 0.1) is 20.6 Å². The van der Waals surface area contributed by atoms with E-state index in [-0.39, 0.29) is 24.1 Å². The van der Waals surface area contributed by atoms with Gasteiger partial charge < -0.3 is 9.47 Å². The van der Waals surface area contributed by atoms with Gasteiger partial charge in [-0.15, -0.1) is 0 Å². The molecule has 0 amide bonds. The molecule has 1 aliphatic carbocycles. The Bertz CT molecular complexity index is 441. The van der Waals surface area contributed by atoms with Crippen molar-refractivity contribution >= 4 is 5.97 Å². The second-order valence-corrected chi connectivity index (χ2v) is 4.61. The largest absolute Gasteiger partial charge is 0.496 e. The Labute approximate surface area is 106 Å². The lowest BCUT2D eigenvalue weighted by atomic mass is 9.90. The predicted octanol–water partition coefficient (Wildman–Crippen LogP) is 2.89. The van der Waals surface area contributed by atoms with E-state index in [1.165, 1.54) is 19.2 Å². The van der Waals surface area contributed by atoms with Crippen LogP contribution in [0.3, 0.4) is 0 Å². The van der Waals surface area contributed by atoms with Crippen LogP contribution < -0.4 is 4.74 Å². The van der Waals surface area contributed by atoms with Gasteiger partial charge in [0.2, 0.25) is 0 Å². The van der Waals surface area contributed by atoms with Gasteiger partial charge >= 0.3 is 5.97 Å². The zero-order chi connectivity index (χ0) is 13.1. The topological polar surface area (TPSA) is 35.5 Å². The molecule has 1 fully saturated rings. The number of halogens is 1. The highest BCUT2D eigenvalue weighted by Gasteiger charge is 2.35. The van der Waals surface area contributed by atoms with Gasteiger partial charge in [-0.3, -0.25) is 4.79 Å². The minimum absolute atomic E-state index is 0.0110. The van der Waals surface area contributed by atoms with Crippen molar-refractivity contribution < 1.29 is 18.7 Å². The van der Waals surface area contributed by atoms with Gasteiger partial charge in [0.1, 0.15) is 11.6 Å². The molecular weight excluding hydrogens is 235 g/mol. The Morgan fingerprint density at radius 2 is 2.17 bits per heavy atom. The highest BCUT2D eigenvalue weighted by atomic mass is 19.1. The third-order valence-corrected chi connectivity index (χ3v) is 3.40. The van der Waals surface area contributed by atoms with E-state index < -0.39 is 0 Å². The molecule has 1 saturated carbocycles. The fraction of sp³-hybridized carbons (Fsp3) is 0.500. The molecule has 1 atom stereocenters. The van der Waals surface area contributed by atoms with Crippen LogP contribution in [0.2, 0.25) is 0 Å². The molecule has 0 heterocycles. The van der Waals surface area contributed by atoms with E-state index in [0.717, 1.165) is 18.4 Å². The van der Waals surface area contributed by atoms with E-state index in [2.05, 4.69) is 0 Å². The summed E-state index contributed by atoms with van der Waals surface area (Å²) < 4.78 is 23.3. The maximum absolute atomic E-state index is 13.4. The molecule has 1 aliphatic rings. The average Bonchev–Trinajstić information content (AvgIpc) is 3.19. The normalized spacial score (nSPS) is 16.2. The fourth-order valence-electron chi connectivity index (χ4n) is 2.29. The van der Waals surface area contributed by atoms with Gasteiger partial charge in [0.15, 0.2) is 0 Å². The monoisotopic (exact) mass is 252 g/mol. The summed E-state index contributed by atoms with van der Waals surface area (Å²) in [7, 11) is 2.92. The molecule has 98 valence electrons. The molecule has 1 aromatic rings. The quantitative estimate of drug-likeness (QED) is 0.756. The van der Waals surface area contributed by atoms with E-state index >= 15 is 0 Å². The van der Waals surface area contributed by atoms with Crippen LogP contribution >= 0.6 is 0 Å². The van der Waals surface area contributed by atoms with Crippen molar-refractivity contribution in [3.05, 3.63) is 29.6 Å². The number of rotatable bonds is 5. The fourth-order valence-corrected chi connectivity index (χ4v) is 2.29. The number of esters is 1. The Morgan fingerprint density at radius 1 is 1.44 bits per heavy atom. The Hall–Kier alpha value is -1.58. The Balaban J connectivity index is 2.29. The first-order valence-corrected chi connectivity index (χ1v) is 6.06. The Morgan fingerprint density at radius 3 is 2.72 bits per heavy atom. The zero-order valence-corrected chi connectivity index (χ0v) is 10.6. The molecule has 2 rings (SSSR count). The van der Waals surface area contributed by atoms with Crippen molar-refractivity contribution in [2.75, 3.05) is 14.2 Å². The molecule has 0 bridgehead atoms. The number of ether oxygens (including phenoxy) is 2. The second kappa shape index (κ2) is 5.38. The molecular formula is C14H17FO3. The van der Waals surface area contributed by atoms with E-state index in [4.69, 9.17) is 9.47 Å². The van der Waals surface area contributed by atoms with E-state index in [0.29, 0.717) is 11.7 Å². The summed E-state index contributed by atoms with van der Waals surface area (Å²) in [4.78, 5) is 11.5. The van der Waals surface area contributed by atoms with Crippen LogP contribution in [0.15, 0.2) is 18.2 Å². The van der Waals surface area contributed by atoms with Crippen LogP contribution in [0, 0.1) is 11.7 Å². The number of carbonyl (C=O) groups is 1. The van der Waals surface area contributed by atoms with Crippen LogP contribution in [-0.2, 0) is 9.53 Å². The maximum Gasteiger partial charge on any atom is 0.306 e. The lowest BCUT2D eigenvalue weighted by molar-refractivity contribution is -0.141. The van der Waals surface area contributed by atoms with Crippen molar-refractivity contribution in [3.63, 3.8) is 0 Å². The molecule has 3 nitrogen and oxygen atoms in total. The molecule has 0 N–H and O–H groups in total. The van der Waals surface area contributed by atoms with E-state index in [1.54, 1.807) is 13.2 Å². The molecule has 4 heteroatoms. The molecule has 0 spiro atoms. The van der Waals surface area contributed by atoms with Gasteiger partial charge in [-0.2, -0.15) is 0 Å².